The smallest absolute Gasteiger partial charge is 0.318 e. The normalized spacial score (nSPS) is 17.9. The number of nitro groups is 2. The van der Waals surface area contributed by atoms with E-state index < -0.39 is 21.2 Å². The minimum absolute atomic E-state index is 0.132. The molecule has 1 aliphatic carbocycles. The van der Waals surface area contributed by atoms with Gasteiger partial charge >= 0.3 is 5.69 Å². The molecule has 2 fully saturated rings. The predicted molar refractivity (Wildman–Crippen MR) is 126 cm³/mol. The molecule has 0 unspecified atom stereocenters. The van der Waals surface area contributed by atoms with E-state index in [0.717, 1.165) is 49.6 Å². The first-order valence-corrected chi connectivity index (χ1v) is 11.6. The van der Waals surface area contributed by atoms with E-state index in [2.05, 4.69) is 0 Å². The number of rotatable bonds is 7. The Labute approximate surface area is 198 Å². The summed E-state index contributed by atoms with van der Waals surface area (Å²) in [4.78, 5) is 47.5. The van der Waals surface area contributed by atoms with Crippen molar-refractivity contribution in [1.82, 2.24) is 4.90 Å². The molecule has 0 bridgehead atoms. The molecule has 0 N–H and O–H groups in total. The van der Waals surface area contributed by atoms with Gasteiger partial charge in [-0.05, 0) is 60.4 Å². The summed E-state index contributed by atoms with van der Waals surface area (Å²) in [7, 11) is 0. The van der Waals surface area contributed by atoms with E-state index in [1.165, 1.54) is 17.4 Å². The van der Waals surface area contributed by atoms with Gasteiger partial charge in [-0.2, -0.15) is 0 Å². The molecule has 2 aromatic rings. The molecule has 1 aliphatic heterocycles. The van der Waals surface area contributed by atoms with Crippen LogP contribution in [0.1, 0.15) is 37.7 Å². The van der Waals surface area contributed by atoms with Crippen LogP contribution in [0.15, 0.2) is 47.4 Å². The van der Waals surface area contributed by atoms with E-state index in [0.29, 0.717) is 22.9 Å². The number of thioether (sulfide) groups is 1. The monoisotopic (exact) mass is 483 g/mol. The van der Waals surface area contributed by atoms with Crippen LogP contribution in [0.2, 0.25) is 0 Å². The van der Waals surface area contributed by atoms with E-state index in [9.17, 15) is 29.8 Å². The molecular formula is C23H21N3O7S. The summed E-state index contributed by atoms with van der Waals surface area (Å²) in [5, 5.41) is 21.9. The van der Waals surface area contributed by atoms with Gasteiger partial charge in [-0.3, -0.25) is 34.7 Å². The maximum atomic E-state index is 12.8. The molecular weight excluding hydrogens is 462 g/mol. The Balaban J connectivity index is 1.46. The Morgan fingerprint density at radius 2 is 1.71 bits per heavy atom. The number of nitro benzene ring substituents is 2. The number of carbonyl (C=O) groups is 2. The summed E-state index contributed by atoms with van der Waals surface area (Å²) in [6.07, 6.45) is 7.17. The molecule has 1 saturated heterocycles. The standard InChI is InChI=1S/C23H21N3O7S/c27-22-21(34-23(28)24(22)14-16-4-2-1-3-5-16)12-15-6-9-18(10-7-15)33-20-11-8-17(25(29)30)13-19(20)26(31)32/h6-13,16H,1-5,14H2/b21-12+. The van der Waals surface area contributed by atoms with Crippen LogP contribution in [0.25, 0.3) is 6.08 Å². The Bertz CT molecular complexity index is 1170. The Morgan fingerprint density at radius 3 is 2.35 bits per heavy atom. The second kappa shape index (κ2) is 10.0. The average molecular weight is 484 g/mol. The first-order valence-electron chi connectivity index (χ1n) is 10.8. The fourth-order valence-electron chi connectivity index (χ4n) is 4.04. The molecule has 10 nitrogen and oxygen atoms in total. The second-order valence-corrected chi connectivity index (χ2v) is 9.13. The van der Waals surface area contributed by atoms with Gasteiger partial charge in [-0.1, -0.05) is 31.4 Å². The number of non-ortho nitro benzene ring substituents is 1. The van der Waals surface area contributed by atoms with Crippen LogP contribution in [-0.4, -0.2) is 32.4 Å². The van der Waals surface area contributed by atoms with Gasteiger partial charge in [0, 0.05) is 12.6 Å². The van der Waals surface area contributed by atoms with Gasteiger partial charge in [-0.15, -0.1) is 0 Å². The topological polar surface area (TPSA) is 133 Å². The highest BCUT2D eigenvalue weighted by atomic mass is 32.2. The molecule has 1 saturated carbocycles. The van der Waals surface area contributed by atoms with Crippen LogP contribution < -0.4 is 4.74 Å². The van der Waals surface area contributed by atoms with Crippen molar-refractivity contribution in [2.24, 2.45) is 5.92 Å². The van der Waals surface area contributed by atoms with Crippen LogP contribution in [-0.2, 0) is 4.79 Å². The number of amides is 2. The molecule has 1 heterocycles. The van der Waals surface area contributed by atoms with Gasteiger partial charge in [0.1, 0.15) is 5.75 Å². The highest BCUT2D eigenvalue weighted by molar-refractivity contribution is 8.18. The van der Waals surface area contributed by atoms with E-state index >= 15 is 0 Å². The minimum Gasteiger partial charge on any atom is -0.450 e. The van der Waals surface area contributed by atoms with Gasteiger partial charge in [0.15, 0.2) is 0 Å². The number of benzene rings is 2. The van der Waals surface area contributed by atoms with Crippen LogP contribution >= 0.6 is 11.8 Å². The van der Waals surface area contributed by atoms with Gasteiger partial charge in [0.05, 0.1) is 20.8 Å². The quantitative estimate of drug-likeness (QED) is 0.269. The Hall–Kier alpha value is -3.73. The molecule has 34 heavy (non-hydrogen) atoms. The van der Waals surface area contributed by atoms with Crippen molar-refractivity contribution < 1.29 is 24.2 Å². The van der Waals surface area contributed by atoms with Crippen LogP contribution in [0.5, 0.6) is 11.5 Å². The van der Waals surface area contributed by atoms with Gasteiger partial charge in [0.25, 0.3) is 16.8 Å². The number of ether oxygens (including phenoxy) is 1. The summed E-state index contributed by atoms with van der Waals surface area (Å²) in [6.45, 7) is 0.461. The maximum absolute atomic E-state index is 12.8. The first-order chi connectivity index (χ1) is 16.3. The molecule has 2 aliphatic rings. The zero-order valence-electron chi connectivity index (χ0n) is 18.0. The summed E-state index contributed by atoms with van der Waals surface area (Å²) < 4.78 is 5.55. The highest BCUT2D eigenvalue weighted by Crippen LogP contribution is 2.36. The van der Waals surface area contributed by atoms with E-state index in [1.807, 2.05) is 0 Å². The fraction of sp³-hybridized carbons (Fsp3) is 0.304. The Morgan fingerprint density at radius 1 is 1.00 bits per heavy atom. The molecule has 4 rings (SSSR count). The summed E-state index contributed by atoms with van der Waals surface area (Å²) in [5.41, 5.74) is -0.273. The highest BCUT2D eigenvalue weighted by Gasteiger charge is 2.36. The third kappa shape index (κ3) is 5.25. The number of hydrogen-bond acceptors (Lipinski definition) is 8. The first kappa shape index (κ1) is 23.4. The molecule has 0 atom stereocenters. The molecule has 0 radical (unpaired) electrons. The van der Waals surface area contributed by atoms with Crippen molar-refractivity contribution in [2.45, 2.75) is 32.1 Å². The number of nitrogens with zero attached hydrogens (tertiary/aromatic N) is 3. The molecule has 176 valence electrons. The SMILES string of the molecule is O=C1S/C(=C/c2ccc(Oc3ccc([N+](=O)[O-])cc3[N+](=O)[O-])cc2)C(=O)N1CC1CCCCC1. The lowest BCUT2D eigenvalue weighted by Crippen LogP contribution is -2.34. The van der Waals surface area contributed by atoms with E-state index in [1.54, 1.807) is 30.3 Å². The average Bonchev–Trinajstić information content (AvgIpc) is 3.08. The van der Waals surface area contributed by atoms with Crippen molar-refractivity contribution in [3.63, 3.8) is 0 Å². The third-order valence-corrected chi connectivity index (χ3v) is 6.70. The molecule has 11 heteroatoms. The zero-order chi connectivity index (χ0) is 24.2. The lowest BCUT2D eigenvalue weighted by molar-refractivity contribution is -0.394. The summed E-state index contributed by atoms with van der Waals surface area (Å²) in [5.74, 6) is 0.218. The van der Waals surface area contributed by atoms with Crippen LogP contribution in [0, 0.1) is 26.1 Å². The van der Waals surface area contributed by atoms with Crippen molar-refractivity contribution in [3.8, 4) is 11.5 Å². The lowest BCUT2D eigenvalue weighted by atomic mass is 9.89. The molecule has 0 aromatic heterocycles. The van der Waals surface area contributed by atoms with Crippen molar-refractivity contribution >= 4 is 40.4 Å². The predicted octanol–water partition coefficient (Wildman–Crippen LogP) is 5.91. The summed E-state index contributed by atoms with van der Waals surface area (Å²) in [6, 6.07) is 9.57. The van der Waals surface area contributed by atoms with Crippen molar-refractivity contribution in [1.29, 1.82) is 0 Å². The van der Waals surface area contributed by atoms with Gasteiger partial charge in [-0.25, -0.2) is 0 Å². The van der Waals surface area contributed by atoms with Crippen molar-refractivity contribution in [2.75, 3.05) is 6.54 Å². The second-order valence-electron chi connectivity index (χ2n) is 8.13. The zero-order valence-corrected chi connectivity index (χ0v) is 18.9. The van der Waals surface area contributed by atoms with Crippen molar-refractivity contribution in [3.05, 3.63) is 73.2 Å². The molecule has 0 spiro atoms. The number of carbonyl (C=O) groups excluding carboxylic acids is 2. The van der Waals surface area contributed by atoms with E-state index in [4.69, 9.17) is 4.74 Å². The minimum atomic E-state index is -0.750. The van der Waals surface area contributed by atoms with Crippen LogP contribution in [0.3, 0.4) is 0 Å². The molecule has 2 amide bonds. The fourth-order valence-corrected chi connectivity index (χ4v) is 4.89. The molecule has 2 aromatic carbocycles. The van der Waals surface area contributed by atoms with E-state index in [-0.39, 0.29) is 22.6 Å². The van der Waals surface area contributed by atoms with Gasteiger partial charge < -0.3 is 4.74 Å². The number of imide groups is 1. The largest absolute Gasteiger partial charge is 0.450 e. The summed E-state index contributed by atoms with van der Waals surface area (Å²) >= 11 is 0.918. The van der Waals surface area contributed by atoms with Gasteiger partial charge in [0.2, 0.25) is 5.75 Å². The third-order valence-electron chi connectivity index (χ3n) is 5.79. The number of hydrogen-bond donors (Lipinski definition) is 0. The Kier molecular flexibility index (Phi) is 6.92. The van der Waals surface area contributed by atoms with Crippen LogP contribution in [0.4, 0.5) is 16.2 Å². The maximum Gasteiger partial charge on any atom is 0.318 e. The lowest BCUT2D eigenvalue weighted by Gasteiger charge is -2.25.